The second-order valence-electron chi connectivity index (χ2n) is 5.89. The topological polar surface area (TPSA) is 69.7 Å². The van der Waals surface area contributed by atoms with Crippen LogP contribution in [0.3, 0.4) is 0 Å². The van der Waals surface area contributed by atoms with Crippen LogP contribution in [-0.2, 0) is 0 Å². The molecule has 108 valence electrons. The Kier molecular flexibility index (Phi) is 3.82. The van der Waals surface area contributed by atoms with Crippen molar-refractivity contribution in [1.29, 1.82) is 0 Å². The standard InChI is InChI=1S/C14H22N6/c1-10(2)7-20-5-3-4-11(20)6-15-13-12-14(17-8-16-12)19-9-18-13/h8-11H,3-7H2,1-2H3,(H2,15,16,17,18,19)/t11-/m1/s1. The van der Waals surface area contributed by atoms with Gasteiger partial charge < -0.3 is 10.3 Å². The maximum atomic E-state index is 4.31. The molecular weight excluding hydrogens is 252 g/mol. The zero-order chi connectivity index (χ0) is 13.9. The van der Waals surface area contributed by atoms with Crippen molar-refractivity contribution in [2.45, 2.75) is 32.7 Å². The normalized spacial score (nSPS) is 20.1. The fourth-order valence-corrected chi connectivity index (χ4v) is 2.95. The molecule has 1 aliphatic heterocycles. The molecule has 3 heterocycles. The average molecular weight is 274 g/mol. The quantitative estimate of drug-likeness (QED) is 0.871. The Morgan fingerprint density at radius 1 is 1.40 bits per heavy atom. The van der Waals surface area contributed by atoms with Gasteiger partial charge in [-0.25, -0.2) is 15.0 Å². The number of fused-ring (bicyclic) bond motifs is 1. The maximum Gasteiger partial charge on any atom is 0.182 e. The smallest absolute Gasteiger partial charge is 0.182 e. The van der Waals surface area contributed by atoms with E-state index < -0.39 is 0 Å². The summed E-state index contributed by atoms with van der Waals surface area (Å²) in [5, 5.41) is 3.45. The Hall–Kier alpha value is -1.69. The number of anilines is 1. The molecule has 0 aromatic carbocycles. The first-order chi connectivity index (χ1) is 9.74. The zero-order valence-corrected chi connectivity index (χ0v) is 12.1. The van der Waals surface area contributed by atoms with Crippen molar-refractivity contribution < 1.29 is 0 Å². The third kappa shape index (κ3) is 2.75. The van der Waals surface area contributed by atoms with E-state index in [1.165, 1.54) is 25.9 Å². The summed E-state index contributed by atoms with van der Waals surface area (Å²) < 4.78 is 0. The van der Waals surface area contributed by atoms with Gasteiger partial charge in [-0.15, -0.1) is 0 Å². The largest absolute Gasteiger partial charge is 0.367 e. The van der Waals surface area contributed by atoms with Crippen LogP contribution in [0.15, 0.2) is 12.7 Å². The number of imidazole rings is 1. The molecule has 0 unspecified atom stereocenters. The SMILES string of the molecule is CC(C)CN1CCC[C@@H]1CNc1ncnc2nc[nH]c12. The molecule has 0 bridgehead atoms. The van der Waals surface area contributed by atoms with E-state index in [1.807, 2.05) is 0 Å². The van der Waals surface area contributed by atoms with Gasteiger partial charge in [0, 0.05) is 19.1 Å². The number of aromatic nitrogens is 4. The van der Waals surface area contributed by atoms with E-state index in [-0.39, 0.29) is 0 Å². The van der Waals surface area contributed by atoms with Gasteiger partial charge in [-0.2, -0.15) is 0 Å². The van der Waals surface area contributed by atoms with Gasteiger partial charge in [0.05, 0.1) is 6.33 Å². The summed E-state index contributed by atoms with van der Waals surface area (Å²) in [6.45, 7) is 7.88. The fourth-order valence-electron chi connectivity index (χ4n) is 2.95. The second kappa shape index (κ2) is 5.75. The van der Waals surface area contributed by atoms with Crippen LogP contribution in [0.4, 0.5) is 5.82 Å². The Bertz CT molecular complexity index is 564. The molecule has 6 nitrogen and oxygen atoms in total. The molecular formula is C14H22N6. The lowest BCUT2D eigenvalue weighted by atomic mass is 10.1. The fraction of sp³-hybridized carbons (Fsp3) is 0.643. The number of H-pyrrole nitrogens is 1. The van der Waals surface area contributed by atoms with Gasteiger partial charge in [-0.1, -0.05) is 13.8 Å². The number of aromatic amines is 1. The molecule has 2 aromatic rings. The Morgan fingerprint density at radius 2 is 2.30 bits per heavy atom. The van der Waals surface area contributed by atoms with Crippen LogP contribution in [0.5, 0.6) is 0 Å². The van der Waals surface area contributed by atoms with Gasteiger partial charge in [0.25, 0.3) is 0 Å². The van der Waals surface area contributed by atoms with Crippen LogP contribution in [0, 0.1) is 5.92 Å². The summed E-state index contributed by atoms with van der Waals surface area (Å²) in [6.07, 6.45) is 5.77. The monoisotopic (exact) mass is 274 g/mol. The van der Waals surface area contributed by atoms with E-state index in [0.717, 1.165) is 17.9 Å². The van der Waals surface area contributed by atoms with Crippen LogP contribution in [0.2, 0.25) is 0 Å². The molecule has 0 amide bonds. The summed E-state index contributed by atoms with van der Waals surface area (Å²) in [5.41, 5.74) is 1.61. The van der Waals surface area contributed by atoms with Crippen LogP contribution in [0.1, 0.15) is 26.7 Å². The van der Waals surface area contributed by atoms with E-state index >= 15 is 0 Å². The lowest BCUT2D eigenvalue weighted by Crippen LogP contribution is -2.37. The Morgan fingerprint density at radius 3 is 3.15 bits per heavy atom. The number of hydrogen-bond donors (Lipinski definition) is 2. The molecule has 1 aliphatic rings. The molecule has 1 fully saturated rings. The first-order valence-corrected chi connectivity index (χ1v) is 7.36. The van der Waals surface area contributed by atoms with Gasteiger partial charge in [0.2, 0.25) is 0 Å². The van der Waals surface area contributed by atoms with E-state index in [2.05, 4.69) is 44.0 Å². The van der Waals surface area contributed by atoms with Gasteiger partial charge in [0.1, 0.15) is 11.8 Å². The summed E-state index contributed by atoms with van der Waals surface area (Å²) in [6, 6.07) is 0.602. The molecule has 1 atom stereocenters. The molecule has 2 aromatic heterocycles. The number of rotatable bonds is 5. The van der Waals surface area contributed by atoms with Crippen molar-refractivity contribution in [2.75, 3.05) is 25.0 Å². The van der Waals surface area contributed by atoms with Crippen molar-refractivity contribution in [3.05, 3.63) is 12.7 Å². The van der Waals surface area contributed by atoms with E-state index in [4.69, 9.17) is 0 Å². The van der Waals surface area contributed by atoms with Crippen LogP contribution in [0.25, 0.3) is 11.2 Å². The highest BCUT2D eigenvalue weighted by atomic mass is 15.2. The van der Waals surface area contributed by atoms with Gasteiger partial charge in [-0.3, -0.25) is 4.90 Å². The lowest BCUT2D eigenvalue weighted by molar-refractivity contribution is 0.234. The molecule has 0 radical (unpaired) electrons. The van der Waals surface area contributed by atoms with Crippen LogP contribution < -0.4 is 5.32 Å². The summed E-state index contributed by atoms with van der Waals surface area (Å²) in [5.74, 6) is 1.57. The molecule has 3 rings (SSSR count). The minimum absolute atomic E-state index is 0.602. The maximum absolute atomic E-state index is 4.31. The predicted molar refractivity (Wildman–Crippen MR) is 79.6 cm³/mol. The highest BCUT2D eigenvalue weighted by molar-refractivity contribution is 5.81. The summed E-state index contributed by atoms with van der Waals surface area (Å²) in [4.78, 5) is 18.3. The minimum Gasteiger partial charge on any atom is -0.367 e. The molecule has 1 saturated heterocycles. The summed E-state index contributed by atoms with van der Waals surface area (Å²) >= 11 is 0. The van der Waals surface area contributed by atoms with Crippen molar-refractivity contribution in [2.24, 2.45) is 5.92 Å². The number of hydrogen-bond acceptors (Lipinski definition) is 5. The Labute approximate surface area is 119 Å². The Balaban J connectivity index is 1.65. The van der Waals surface area contributed by atoms with Crippen LogP contribution >= 0.6 is 0 Å². The molecule has 0 aliphatic carbocycles. The zero-order valence-electron chi connectivity index (χ0n) is 12.1. The molecule has 0 spiro atoms. The lowest BCUT2D eigenvalue weighted by Gasteiger charge is -2.26. The second-order valence-corrected chi connectivity index (χ2v) is 5.89. The van der Waals surface area contributed by atoms with E-state index in [1.54, 1.807) is 12.7 Å². The first kappa shape index (κ1) is 13.3. The van der Waals surface area contributed by atoms with Crippen molar-refractivity contribution in [1.82, 2.24) is 24.8 Å². The van der Waals surface area contributed by atoms with Gasteiger partial charge >= 0.3 is 0 Å². The number of nitrogens with zero attached hydrogens (tertiary/aromatic N) is 4. The third-order valence-corrected chi connectivity index (χ3v) is 3.83. The average Bonchev–Trinajstić information content (AvgIpc) is 3.04. The van der Waals surface area contributed by atoms with E-state index in [0.29, 0.717) is 17.6 Å². The van der Waals surface area contributed by atoms with Crippen molar-refractivity contribution >= 4 is 17.0 Å². The molecule has 2 N–H and O–H groups in total. The van der Waals surface area contributed by atoms with Crippen molar-refractivity contribution in [3.63, 3.8) is 0 Å². The van der Waals surface area contributed by atoms with Crippen molar-refractivity contribution in [3.8, 4) is 0 Å². The highest BCUT2D eigenvalue weighted by Gasteiger charge is 2.24. The highest BCUT2D eigenvalue weighted by Crippen LogP contribution is 2.20. The number of nitrogens with one attached hydrogen (secondary N) is 2. The molecule has 6 heteroatoms. The molecule has 0 saturated carbocycles. The van der Waals surface area contributed by atoms with Crippen LogP contribution in [-0.4, -0.2) is 50.5 Å². The van der Waals surface area contributed by atoms with E-state index in [9.17, 15) is 0 Å². The van der Waals surface area contributed by atoms with Gasteiger partial charge in [0.15, 0.2) is 11.5 Å². The number of likely N-dealkylation sites (tertiary alicyclic amines) is 1. The van der Waals surface area contributed by atoms with Gasteiger partial charge in [-0.05, 0) is 25.3 Å². The third-order valence-electron chi connectivity index (χ3n) is 3.83. The summed E-state index contributed by atoms with van der Waals surface area (Å²) in [7, 11) is 0. The molecule has 20 heavy (non-hydrogen) atoms. The first-order valence-electron chi connectivity index (χ1n) is 7.36. The minimum atomic E-state index is 0.602. The predicted octanol–water partition coefficient (Wildman–Crippen LogP) is 1.89.